The lowest BCUT2D eigenvalue weighted by Gasteiger charge is -2.11. The second kappa shape index (κ2) is 5.86. The summed E-state index contributed by atoms with van der Waals surface area (Å²) in [6.45, 7) is 1.86. The van der Waals surface area contributed by atoms with Gasteiger partial charge in [-0.05, 0) is 49.0 Å². The van der Waals surface area contributed by atoms with Gasteiger partial charge in [0.1, 0.15) is 0 Å². The van der Waals surface area contributed by atoms with Gasteiger partial charge in [-0.1, -0.05) is 17.7 Å². The highest BCUT2D eigenvalue weighted by molar-refractivity contribution is 7.80. The predicted molar refractivity (Wildman–Crippen MR) is 78.6 cm³/mol. The van der Waals surface area contributed by atoms with Crippen LogP contribution in [0.2, 0.25) is 5.02 Å². The molecule has 0 spiro atoms. The molecule has 0 fully saturated rings. The van der Waals surface area contributed by atoms with Crippen LogP contribution < -0.4 is 10.6 Å². The van der Waals surface area contributed by atoms with E-state index in [1.54, 1.807) is 24.3 Å². The Morgan fingerprint density at radius 2 is 2.11 bits per heavy atom. The van der Waals surface area contributed by atoms with E-state index < -0.39 is 5.91 Å². The highest BCUT2D eigenvalue weighted by Crippen LogP contribution is 2.22. The molecule has 0 bridgehead atoms. The minimum absolute atomic E-state index is 0.187. The van der Waals surface area contributed by atoms with Gasteiger partial charge in [0, 0.05) is 10.7 Å². The molecule has 0 radical (unpaired) electrons. The number of hydrogen-bond acceptors (Lipinski definition) is 3. The van der Waals surface area contributed by atoms with Crippen LogP contribution in [0.15, 0.2) is 41.0 Å². The minimum Gasteiger partial charge on any atom is -0.459 e. The third kappa shape index (κ3) is 3.33. The van der Waals surface area contributed by atoms with Crippen molar-refractivity contribution in [1.82, 2.24) is 5.32 Å². The van der Waals surface area contributed by atoms with Crippen molar-refractivity contribution < 1.29 is 9.21 Å². The number of anilines is 1. The highest BCUT2D eigenvalue weighted by atomic mass is 35.5. The van der Waals surface area contributed by atoms with Crippen molar-refractivity contribution >= 4 is 40.5 Å². The van der Waals surface area contributed by atoms with Gasteiger partial charge in [0.25, 0.3) is 5.91 Å². The summed E-state index contributed by atoms with van der Waals surface area (Å²) in [5.41, 5.74) is 1.61. The Morgan fingerprint density at radius 3 is 2.79 bits per heavy atom. The number of rotatable bonds is 2. The summed E-state index contributed by atoms with van der Waals surface area (Å²) >= 11 is 11.1. The molecule has 98 valence electrons. The molecule has 6 heteroatoms. The Hall–Kier alpha value is -1.85. The molecule has 4 nitrogen and oxygen atoms in total. The zero-order valence-electron chi connectivity index (χ0n) is 10.1. The van der Waals surface area contributed by atoms with Gasteiger partial charge in [0.15, 0.2) is 10.9 Å². The fourth-order valence-electron chi connectivity index (χ4n) is 1.47. The Bertz CT molecular complexity index is 611. The first-order chi connectivity index (χ1) is 9.08. The number of nitrogens with one attached hydrogen (secondary N) is 2. The maximum absolute atomic E-state index is 11.7. The largest absolute Gasteiger partial charge is 0.459 e. The number of thiocarbonyl (C=S) groups is 1. The molecule has 1 aromatic heterocycles. The predicted octanol–water partition coefficient (Wildman–Crippen LogP) is 3.37. The van der Waals surface area contributed by atoms with Crippen LogP contribution in [0, 0.1) is 6.92 Å². The summed E-state index contributed by atoms with van der Waals surface area (Å²) in [5, 5.41) is 6.26. The standard InChI is InChI=1S/C13H11ClN2O2S/c1-8-9(14)4-2-5-10(8)15-13(19)16-12(17)11-6-3-7-18-11/h2-7H,1H3,(H2,15,16,17,19). The third-order valence-corrected chi connectivity index (χ3v) is 3.10. The molecule has 1 heterocycles. The fraction of sp³-hybridized carbons (Fsp3) is 0.0769. The molecule has 2 N–H and O–H groups in total. The molecular formula is C13H11ClN2O2S. The summed E-state index contributed by atoms with van der Waals surface area (Å²) in [6, 6.07) is 8.60. The summed E-state index contributed by atoms with van der Waals surface area (Å²) in [5.74, 6) is -0.200. The second-order valence-electron chi connectivity index (χ2n) is 3.80. The first-order valence-corrected chi connectivity index (χ1v) is 6.27. The lowest BCUT2D eigenvalue weighted by atomic mass is 10.2. The van der Waals surface area contributed by atoms with E-state index in [1.807, 2.05) is 13.0 Å². The summed E-state index contributed by atoms with van der Waals surface area (Å²) in [6.07, 6.45) is 1.42. The molecule has 2 rings (SSSR count). The van der Waals surface area contributed by atoms with E-state index in [4.69, 9.17) is 28.2 Å². The zero-order chi connectivity index (χ0) is 13.8. The van der Waals surface area contributed by atoms with Crippen molar-refractivity contribution in [2.75, 3.05) is 5.32 Å². The number of halogens is 1. The number of hydrogen-bond donors (Lipinski definition) is 2. The van der Waals surface area contributed by atoms with Gasteiger partial charge in [-0.2, -0.15) is 0 Å². The smallest absolute Gasteiger partial charge is 0.293 e. The SMILES string of the molecule is Cc1c(Cl)cccc1NC(=S)NC(=O)c1ccco1. The van der Waals surface area contributed by atoms with Crippen LogP contribution in [0.25, 0.3) is 0 Å². The van der Waals surface area contributed by atoms with Crippen LogP contribution in [-0.4, -0.2) is 11.0 Å². The summed E-state index contributed by atoms with van der Waals surface area (Å²) in [4.78, 5) is 11.7. The normalized spacial score (nSPS) is 10.0. The first kappa shape index (κ1) is 13.6. The van der Waals surface area contributed by atoms with Gasteiger partial charge in [-0.3, -0.25) is 10.1 Å². The average molecular weight is 295 g/mol. The molecule has 0 aliphatic heterocycles. The minimum atomic E-state index is -0.401. The van der Waals surface area contributed by atoms with Crippen molar-refractivity contribution in [3.8, 4) is 0 Å². The lowest BCUT2D eigenvalue weighted by molar-refractivity contribution is 0.0950. The van der Waals surface area contributed by atoms with E-state index in [0.29, 0.717) is 5.02 Å². The number of carbonyl (C=O) groups excluding carboxylic acids is 1. The van der Waals surface area contributed by atoms with Crippen molar-refractivity contribution in [3.63, 3.8) is 0 Å². The van der Waals surface area contributed by atoms with Gasteiger partial charge < -0.3 is 9.73 Å². The Balaban J connectivity index is 2.02. The zero-order valence-corrected chi connectivity index (χ0v) is 11.6. The van der Waals surface area contributed by atoms with Crippen LogP contribution in [0.5, 0.6) is 0 Å². The third-order valence-electron chi connectivity index (χ3n) is 2.49. The van der Waals surface area contributed by atoms with Gasteiger partial charge >= 0.3 is 0 Å². The fourth-order valence-corrected chi connectivity index (χ4v) is 1.85. The van der Waals surface area contributed by atoms with Gasteiger partial charge in [0.2, 0.25) is 0 Å². The maximum atomic E-state index is 11.7. The highest BCUT2D eigenvalue weighted by Gasteiger charge is 2.11. The van der Waals surface area contributed by atoms with E-state index in [9.17, 15) is 4.79 Å². The van der Waals surface area contributed by atoms with Crippen molar-refractivity contribution in [2.24, 2.45) is 0 Å². The van der Waals surface area contributed by atoms with E-state index in [-0.39, 0.29) is 10.9 Å². The van der Waals surface area contributed by atoms with Gasteiger partial charge in [0.05, 0.1) is 6.26 Å². The monoisotopic (exact) mass is 294 g/mol. The molecule has 0 saturated carbocycles. The molecule has 2 aromatic rings. The van der Waals surface area contributed by atoms with Crippen LogP contribution in [0.4, 0.5) is 5.69 Å². The van der Waals surface area contributed by atoms with E-state index >= 15 is 0 Å². The van der Waals surface area contributed by atoms with E-state index in [1.165, 1.54) is 6.26 Å². The van der Waals surface area contributed by atoms with Crippen molar-refractivity contribution in [3.05, 3.63) is 52.9 Å². The quantitative estimate of drug-likeness (QED) is 0.834. The van der Waals surface area contributed by atoms with Crippen LogP contribution in [-0.2, 0) is 0 Å². The number of furan rings is 1. The van der Waals surface area contributed by atoms with Crippen LogP contribution in [0.3, 0.4) is 0 Å². The van der Waals surface area contributed by atoms with E-state index in [2.05, 4.69) is 10.6 Å². The molecule has 0 unspecified atom stereocenters. The molecule has 0 aliphatic carbocycles. The van der Waals surface area contributed by atoms with Gasteiger partial charge in [-0.15, -0.1) is 0 Å². The lowest BCUT2D eigenvalue weighted by Crippen LogP contribution is -2.34. The number of benzene rings is 1. The van der Waals surface area contributed by atoms with Gasteiger partial charge in [-0.25, -0.2) is 0 Å². The molecule has 0 saturated heterocycles. The van der Waals surface area contributed by atoms with Crippen LogP contribution >= 0.6 is 23.8 Å². The molecule has 0 atom stereocenters. The molecule has 1 amide bonds. The maximum Gasteiger partial charge on any atom is 0.293 e. The van der Waals surface area contributed by atoms with Crippen LogP contribution in [0.1, 0.15) is 16.1 Å². The molecule has 1 aromatic carbocycles. The average Bonchev–Trinajstić information content (AvgIpc) is 2.88. The second-order valence-corrected chi connectivity index (χ2v) is 4.61. The Kier molecular flexibility index (Phi) is 4.19. The summed E-state index contributed by atoms with van der Waals surface area (Å²) in [7, 11) is 0. The molecular weight excluding hydrogens is 284 g/mol. The molecule has 19 heavy (non-hydrogen) atoms. The summed E-state index contributed by atoms with van der Waals surface area (Å²) < 4.78 is 4.97. The number of amides is 1. The van der Waals surface area contributed by atoms with Crippen molar-refractivity contribution in [2.45, 2.75) is 6.92 Å². The van der Waals surface area contributed by atoms with E-state index in [0.717, 1.165) is 11.3 Å². The Labute approximate surface area is 120 Å². The Morgan fingerprint density at radius 1 is 1.32 bits per heavy atom. The molecule has 0 aliphatic rings. The first-order valence-electron chi connectivity index (χ1n) is 5.49. The van der Waals surface area contributed by atoms with Crippen molar-refractivity contribution in [1.29, 1.82) is 0 Å². The number of carbonyl (C=O) groups is 1. The topological polar surface area (TPSA) is 54.3 Å².